The second kappa shape index (κ2) is 6.27. The van der Waals surface area contributed by atoms with E-state index >= 15 is 0 Å². The zero-order valence-corrected chi connectivity index (χ0v) is 13.9. The van der Waals surface area contributed by atoms with Crippen molar-refractivity contribution < 1.29 is 4.79 Å². The molecule has 0 aliphatic rings. The van der Waals surface area contributed by atoms with Crippen LogP contribution in [0.4, 0.5) is 0 Å². The summed E-state index contributed by atoms with van der Waals surface area (Å²) in [5, 5.41) is 1.35. The molecule has 3 heteroatoms. The normalized spacial score (nSPS) is 14.4. The molecule has 0 aliphatic carbocycles. The number of carbonyl (C=O) groups is 1. The molecular formula is C18H23NOSi. The Balaban J connectivity index is 2.52. The lowest BCUT2D eigenvalue weighted by Crippen LogP contribution is -2.51. The van der Waals surface area contributed by atoms with E-state index in [-0.39, 0.29) is 17.4 Å². The van der Waals surface area contributed by atoms with Crippen molar-refractivity contribution >= 4 is 19.2 Å². The number of amides is 1. The largest absolute Gasteiger partial charge is 0.369 e. The van der Waals surface area contributed by atoms with Gasteiger partial charge in [-0.1, -0.05) is 85.9 Å². The third kappa shape index (κ3) is 3.24. The molecule has 0 aliphatic heterocycles. The Morgan fingerprint density at radius 1 is 0.952 bits per heavy atom. The Labute approximate surface area is 128 Å². The number of carbonyl (C=O) groups excluding carboxylic acids is 1. The molecule has 0 bridgehead atoms. The summed E-state index contributed by atoms with van der Waals surface area (Å²) in [6.45, 7) is 6.59. The van der Waals surface area contributed by atoms with Crippen LogP contribution in [0, 0.1) is 5.92 Å². The fraction of sp³-hybridized carbons (Fsp3) is 0.278. The molecule has 0 saturated carbocycles. The zero-order valence-electron chi connectivity index (χ0n) is 12.9. The van der Waals surface area contributed by atoms with Crippen molar-refractivity contribution in [3.63, 3.8) is 0 Å². The molecule has 2 atom stereocenters. The molecule has 2 aromatic rings. The molecular weight excluding hydrogens is 274 g/mol. The van der Waals surface area contributed by atoms with Gasteiger partial charge in [-0.3, -0.25) is 4.79 Å². The fourth-order valence-corrected chi connectivity index (χ4v) is 7.05. The number of hydrogen-bond donors (Lipinski definition) is 1. The van der Waals surface area contributed by atoms with Crippen molar-refractivity contribution in [2.24, 2.45) is 11.7 Å². The third-order valence-corrected chi connectivity index (χ3v) is 8.61. The molecule has 0 saturated heterocycles. The van der Waals surface area contributed by atoms with Gasteiger partial charge in [-0.25, -0.2) is 0 Å². The van der Waals surface area contributed by atoms with Crippen molar-refractivity contribution in [2.45, 2.75) is 25.6 Å². The highest BCUT2D eigenvalue weighted by atomic mass is 28.3. The monoisotopic (exact) mass is 297 g/mol. The first kappa shape index (κ1) is 15.5. The Kier molecular flexibility index (Phi) is 4.63. The summed E-state index contributed by atoms with van der Waals surface area (Å²) in [4.78, 5) is 11.8. The second-order valence-corrected chi connectivity index (χ2v) is 10.8. The predicted molar refractivity (Wildman–Crippen MR) is 91.1 cm³/mol. The zero-order chi connectivity index (χ0) is 15.5. The molecule has 110 valence electrons. The van der Waals surface area contributed by atoms with Gasteiger partial charge in [0.2, 0.25) is 5.91 Å². The minimum absolute atomic E-state index is 0.172. The maximum absolute atomic E-state index is 11.8. The van der Waals surface area contributed by atoms with Crippen LogP contribution in [-0.4, -0.2) is 14.0 Å². The van der Waals surface area contributed by atoms with E-state index in [0.717, 1.165) is 0 Å². The average Bonchev–Trinajstić information content (AvgIpc) is 2.49. The van der Waals surface area contributed by atoms with Gasteiger partial charge in [0.15, 0.2) is 0 Å². The maximum atomic E-state index is 11.8. The van der Waals surface area contributed by atoms with E-state index < -0.39 is 8.07 Å². The predicted octanol–water partition coefficient (Wildman–Crippen LogP) is 3.05. The number of hydrogen-bond acceptors (Lipinski definition) is 1. The molecule has 2 N–H and O–H groups in total. The smallest absolute Gasteiger partial charge is 0.220 e. The second-order valence-electron chi connectivity index (χ2n) is 6.17. The van der Waals surface area contributed by atoms with Crippen molar-refractivity contribution in [1.82, 2.24) is 0 Å². The lowest BCUT2D eigenvalue weighted by molar-refractivity contribution is -0.121. The standard InChI is InChI=1S/C18H23NOSi/c1-14(18(19)20)17(15-10-6-4-7-11-15)21(2,3)16-12-8-5-9-13-16/h4-14,17H,1-3H3,(H2,19,20)/t14-,17+/m0/s1. The summed E-state index contributed by atoms with van der Waals surface area (Å²) < 4.78 is 0. The first-order chi connectivity index (χ1) is 9.94. The highest BCUT2D eigenvalue weighted by molar-refractivity contribution is 6.91. The highest BCUT2D eigenvalue weighted by Crippen LogP contribution is 2.33. The van der Waals surface area contributed by atoms with Gasteiger partial charge in [-0.05, 0) is 11.1 Å². The van der Waals surface area contributed by atoms with Crippen molar-refractivity contribution in [3.05, 3.63) is 66.2 Å². The van der Waals surface area contributed by atoms with E-state index in [1.807, 2.05) is 31.2 Å². The van der Waals surface area contributed by atoms with E-state index in [9.17, 15) is 4.79 Å². The van der Waals surface area contributed by atoms with Gasteiger partial charge in [-0.2, -0.15) is 0 Å². The highest BCUT2D eigenvalue weighted by Gasteiger charge is 2.40. The molecule has 0 radical (unpaired) electrons. The lowest BCUT2D eigenvalue weighted by atomic mass is 10.00. The SMILES string of the molecule is C[C@H](C(N)=O)[C@H](c1ccccc1)[Si](C)(C)c1ccccc1. The van der Waals surface area contributed by atoms with Crippen LogP contribution in [0.2, 0.25) is 13.1 Å². The van der Waals surface area contributed by atoms with Crippen LogP contribution in [0.3, 0.4) is 0 Å². The van der Waals surface area contributed by atoms with Crippen LogP contribution in [-0.2, 0) is 4.79 Å². The molecule has 2 aromatic carbocycles. The van der Waals surface area contributed by atoms with E-state index in [1.54, 1.807) is 0 Å². The molecule has 1 amide bonds. The molecule has 0 fully saturated rings. The Bertz CT molecular complexity index is 595. The minimum Gasteiger partial charge on any atom is -0.369 e. The molecule has 0 unspecified atom stereocenters. The molecule has 0 spiro atoms. The van der Waals surface area contributed by atoms with Gasteiger partial charge >= 0.3 is 0 Å². The average molecular weight is 297 g/mol. The quantitative estimate of drug-likeness (QED) is 0.847. The van der Waals surface area contributed by atoms with Gasteiger partial charge in [0.05, 0.1) is 8.07 Å². The summed E-state index contributed by atoms with van der Waals surface area (Å²) in [5.74, 6) is -0.394. The van der Waals surface area contributed by atoms with Crippen molar-refractivity contribution in [1.29, 1.82) is 0 Å². The van der Waals surface area contributed by atoms with Crippen LogP contribution < -0.4 is 10.9 Å². The third-order valence-electron chi connectivity index (χ3n) is 4.40. The molecule has 2 rings (SSSR count). The van der Waals surface area contributed by atoms with Crippen molar-refractivity contribution in [2.75, 3.05) is 0 Å². The van der Waals surface area contributed by atoms with Crippen molar-refractivity contribution in [3.8, 4) is 0 Å². The topological polar surface area (TPSA) is 43.1 Å². The Morgan fingerprint density at radius 2 is 1.43 bits per heavy atom. The number of nitrogens with two attached hydrogens (primary N) is 1. The fourth-order valence-electron chi connectivity index (χ4n) is 3.20. The summed E-state index contributed by atoms with van der Waals surface area (Å²) in [7, 11) is -1.88. The molecule has 2 nitrogen and oxygen atoms in total. The van der Waals surface area contributed by atoms with Gasteiger partial charge in [0.1, 0.15) is 0 Å². The lowest BCUT2D eigenvalue weighted by Gasteiger charge is -2.36. The Hall–Kier alpha value is -1.87. The van der Waals surface area contributed by atoms with Gasteiger partial charge in [0.25, 0.3) is 0 Å². The van der Waals surface area contributed by atoms with E-state index in [0.29, 0.717) is 0 Å². The molecule has 0 aromatic heterocycles. The summed E-state index contributed by atoms with van der Waals surface area (Å²) in [6.07, 6.45) is 0. The van der Waals surface area contributed by atoms with Crippen LogP contribution in [0.25, 0.3) is 0 Å². The van der Waals surface area contributed by atoms with E-state index in [1.165, 1.54) is 10.8 Å². The summed E-state index contributed by atoms with van der Waals surface area (Å²) in [6, 6.07) is 20.8. The van der Waals surface area contributed by atoms with Gasteiger partial charge < -0.3 is 5.73 Å². The number of primary amides is 1. The van der Waals surface area contributed by atoms with Crippen LogP contribution in [0.1, 0.15) is 18.0 Å². The van der Waals surface area contributed by atoms with Gasteiger partial charge in [0, 0.05) is 5.92 Å². The van der Waals surface area contributed by atoms with E-state index in [4.69, 9.17) is 5.73 Å². The summed E-state index contributed by atoms with van der Waals surface area (Å²) in [5.41, 5.74) is 7.02. The first-order valence-corrected chi connectivity index (χ1v) is 10.4. The molecule has 21 heavy (non-hydrogen) atoms. The van der Waals surface area contributed by atoms with Crippen LogP contribution in [0.5, 0.6) is 0 Å². The van der Waals surface area contributed by atoms with Crippen LogP contribution >= 0.6 is 0 Å². The van der Waals surface area contributed by atoms with E-state index in [2.05, 4.69) is 49.5 Å². The maximum Gasteiger partial charge on any atom is 0.220 e. The minimum atomic E-state index is -1.88. The summed E-state index contributed by atoms with van der Waals surface area (Å²) >= 11 is 0. The molecule has 0 heterocycles. The number of benzene rings is 2. The van der Waals surface area contributed by atoms with Gasteiger partial charge in [-0.15, -0.1) is 0 Å². The Morgan fingerprint density at radius 3 is 1.90 bits per heavy atom. The van der Waals surface area contributed by atoms with Crippen LogP contribution in [0.15, 0.2) is 60.7 Å². The first-order valence-electron chi connectivity index (χ1n) is 7.34. The number of rotatable bonds is 5.